The van der Waals surface area contributed by atoms with Crippen LogP contribution in [0.2, 0.25) is 0 Å². The molecule has 1 amide bonds. The third kappa shape index (κ3) is 5.61. The minimum Gasteiger partial charge on any atom is -0.383 e. The zero-order valence-electron chi connectivity index (χ0n) is 11.1. The molecule has 0 aliphatic carbocycles. The zero-order valence-corrected chi connectivity index (χ0v) is 11.1. The van der Waals surface area contributed by atoms with E-state index in [1.54, 1.807) is 7.11 Å². The highest BCUT2D eigenvalue weighted by Crippen LogP contribution is 2.07. The normalized spacial score (nSPS) is 11.9. The number of halogens is 1. The van der Waals surface area contributed by atoms with E-state index in [0.717, 1.165) is 0 Å². The van der Waals surface area contributed by atoms with E-state index >= 15 is 0 Å². The summed E-state index contributed by atoms with van der Waals surface area (Å²) in [6.07, 6.45) is 0.224. The van der Waals surface area contributed by atoms with Gasteiger partial charge in [0.2, 0.25) is 5.91 Å². The smallest absolute Gasteiger partial charge is 0.220 e. The number of carbonyl (C=O) groups excluding carboxylic acids is 2. The van der Waals surface area contributed by atoms with Gasteiger partial charge in [-0.05, 0) is 31.2 Å². The molecule has 1 N–H and O–H groups in total. The Bertz CT molecular complexity index is 431. The van der Waals surface area contributed by atoms with Crippen LogP contribution in [-0.4, -0.2) is 31.4 Å². The summed E-state index contributed by atoms with van der Waals surface area (Å²) in [6.45, 7) is 2.25. The minimum atomic E-state index is -0.386. The van der Waals surface area contributed by atoms with E-state index in [-0.39, 0.29) is 36.4 Å². The summed E-state index contributed by atoms with van der Waals surface area (Å²) in [5, 5.41) is 2.72. The van der Waals surface area contributed by atoms with E-state index in [1.165, 1.54) is 24.3 Å². The van der Waals surface area contributed by atoms with E-state index in [2.05, 4.69) is 5.32 Å². The Morgan fingerprint density at radius 1 is 1.26 bits per heavy atom. The van der Waals surface area contributed by atoms with Gasteiger partial charge >= 0.3 is 0 Å². The molecule has 0 bridgehead atoms. The molecule has 0 heterocycles. The molecule has 1 atom stereocenters. The SMILES string of the molecule is COCC(C)NC(=O)CCC(=O)c1ccc(F)cc1. The van der Waals surface area contributed by atoms with Crippen LogP contribution in [0.25, 0.3) is 0 Å². The number of nitrogens with one attached hydrogen (secondary N) is 1. The van der Waals surface area contributed by atoms with Crippen LogP contribution in [0.3, 0.4) is 0 Å². The third-order valence-electron chi connectivity index (χ3n) is 2.57. The van der Waals surface area contributed by atoms with Crippen LogP contribution in [-0.2, 0) is 9.53 Å². The lowest BCUT2D eigenvalue weighted by molar-refractivity contribution is -0.122. The Balaban J connectivity index is 2.37. The van der Waals surface area contributed by atoms with Crippen LogP contribution >= 0.6 is 0 Å². The lowest BCUT2D eigenvalue weighted by atomic mass is 10.1. The van der Waals surface area contributed by atoms with Crippen LogP contribution in [0.4, 0.5) is 4.39 Å². The maximum absolute atomic E-state index is 12.7. The molecule has 1 aromatic rings. The molecule has 0 aliphatic heterocycles. The van der Waals surface area contributed by atoms with Crippen molar-refractivity contribution in [1.82, 2.24) is 5.32 Å². The quantitative estimate of drug-likeness (QED) is 0.768. The molecule has 0 aromatic heterocycles. The fraction of sp³-hybridized carbons (Fsp3) is 0.429. The first-order chi connectivity index (χ1) is 9.02. The van der Waals surface area contributed by atoms with Crippen molar-refractivity contribution in [3.63, 3.8) is 0 Å². The predicted octanol–water partition coefficient (Wildman–Crippen LogP) is 1.94. The summed E-state index contributed by atoms with van der Waals surface area (Å²) >= 11 is 0. The number of amides is 1. The van der Waals surface area contributed by atoms with Crippen LogP contribution < -0.4 is 5.32 Å². The molecule has 1 aromatic carbocycles. The molecule has 104 valence electrons. The number of hydrogen-bond acceptors (Lipinski definition) is 3. The second kappa shape index (κ2) is 7.63. The number of carbonyl (C=O) groups is 2. The van der Waals surface area contributed by atoms with Gasteiger partial charge < -0.3 is 10.1 Å². The van der Waals surface area contributed by atoms with Crippen molar-refractivity contribution < 1.29 is 18.7 Å². The molecule has 1 rings (SSSR count). The summed E-state index contributed by atoms with van der Waals surface area (Å²) in [5.74, 6) is -0.753. The van der Waals surface area contributed by atoms with Gasteiger partial charge in [-0.2, -0.15) is 0 Å². The second-order valence-corrected chi connectivity index (χ2v) is 4.35. The Labute approximate surface area is 112 Å². The van der Waals surface area contributed by atoms with Crippen molar-refractivity contribution in [2.24, 2.45) is 0 Å². The monoisotopic (exact) mass is 267 g/mol. The number of rotatable bonds is 7. The van der Waals surface area contributed by atoms with Crippen molar-refractivity contribution in [3.05, 3.63) is 35.6 Å². The number of ether oxygens (including phenoxy) is 1. The van der Waals surface area contributed by atoms with Crippen molar-refractivity contribution in [2.75, 3.05) is 13.7 Å². The van der Waals surface area contributed by atoms with E-state index in [9.17, 15) is 14.0 Å². The van der Waals surface area contributed by atoms with E-state index in [0.29, 0.717) is 12.2 Å². The van der Waals surface area contributed by atoms with Gasteiger partial charge in [-0.1, -0.05) is 0 Å². The van der Waals surface area contributed by atoms with Gasteiger partial charge in [-0.25, -0.2) is 4.39 Å². The van der Waals surface area contributed by atoms with Crippen molar-refractivity contribution >= 4 is 11.7 Å². The predicted molar refractivity (Wildman–Crippen MR) is 69.4 cm³/mol. The van der Waals surface area contributed by atoms with E-state index in [1.807, 2.05) is 6.92 Å². The maximum Gasteiger partial charge on any atom is 0.220 e. The fourth-order valence-electron chi connectivity index (χ4n) is 1.65. The highest BCUT2D eigenvalue weighted by Gasteiger charge is 2.11. The third-order valence-corrected chi connectivity index (χ3v) is 2.57. The number of methoxy groups -OCH3 is 1. The molecule has 0 radical (unpaired) electrons. The average molecular weight is 267 g/mol. The first-order valence-corrected chi connectivity index (χ1v) is 6.10. The molecule has 1 unspecified atom stereocenters. The van der Waals surface area contributed by atoms with Crippen molar-refractivity contribution in [3.8, 4) is 0 Å². The fourth-order valence-corrected chi connectivity index (χ4v) is 1.65. The van der Waals surface area contributed by atoms with E-state index < -0.39 is 0 Å². The highest BCUT2D eigenvalue weighted by molar-refractivity contribution is 5.97. The summed E-state index contributed by atoms with van der Waals surface area (Å²) in [7, 11) is 1.56. The molecule has 19 heavy (non-hydrogen) atoms. The lowest BCUT2D eigenvalue weighted by Gasteiger charge is -2.12. The van der Waals surface area contributed by atoms with Crippen LogP contribution in [0.1, 0.15) is 30.1 Å². The molecule has 4 nitrogen and oxygen atoms in total. The Kier molecular flexibility index (Phi) is 6.15. The maximum atomic E-state index is 12.7. The summed E-state index contributed by atoms with van der Waals surface area (Å²) < 4.78 is 17.6. The molecule has 0 aliphatic rings. The summed E-state index contributed by atoms with van der Waals surface area (Å²) in [4.78, 5) is 23.3. The van der Waals surface area contributed by atoms with Crippen molar-refractivity contribution in [1.29, 1.82) is 0 Å². The molecule has 5 heteroatoms. The second-order valence-electron chi connectivity index (χ2n) is 4.35. The number of benzene rings is 1. The minimum absolute atomic E-state index is 0.0848. The van der Waals surface area contributed by atoms with Crippen molar-refractivity contribution in [2.45, 2.75) is 25.8 Å². The van der Waals surface area contributed by atoms with Crippen LogP contribution in [0.15, 0.2) is 24.3 Å². The topological polar surface area (TPSA) is 55.4 Å². The molecule has 0 spiro atoms. The van der Waals surface area contributed by atoms with Gasteiger partial charge in [-0.15, -0.1) is 0 Å². The highest BCUT2D eigenvalue weighted by atomic mass is 19.1. The van der Waals surface area contributed by atoms with Gasteiger partial charge in [-0.3, -0.25) is 9.59 Å². The van der Waals surface area contributed by atoms with Gasteiger partial charge in [0.15, 0.2) is 5.78 Å². The number of ketones is 1. The van der Waals surface area contributed by atoms with Gasteiger partial charge in [0.25, 0.3) is 0 Å². The Hall–Kier alpha value is -1.75. The summed E-state index contributed by atoms with van der Waals surface area (Å²) in [5.41, 5.74) is 0.416. The molecule has 0 saturated heterocycles. The first kappa shape index (κ1) is 15.3. The van der Waals surface area contributed by atoms with Gasteiger partial charge in [0, 0.05) is 31.6 Å². The molecule has 0 fully saturated rings. The number of Topliss-reactive ketones (excluding diaryl/α,β-unsaturated/α-hetero) is 1. The van der Waals surface area contributed by atoms with Crippen LogP contribution in [0, 0.1) is 5.82 Å². The largest absolute Gasteiger partial charge is 0.383 e. The van der Waals surface area contributed by atoms with Gasteiger partial charge in [0.05, 0.1) is 6.61 Å². The zero-order chi connectivity index (χ0) is 14.3. The summed E-state index contributed by atoms with van der Waals surface area (Å²) in [6, 6.07) is 5.21. The Morgan fingerprint density at radius 3 is 2.47 bits per heavy atom. The van der Waals surface area contributed by atoms with Gasteiger partial charge in [0.1, 0.15) is 5.82 Å². The average Bonchev–Trinajstić information content (AvgIpc) is 2.37. The molecular formula is C14H18FNO3. The first-order valence-electron chi connectivity index (χ1n) is 6.10. The van der Waals surface area contributed by atoms with E-state index in [4.69, 9.17) is 4.74 Å². The number of hydrogen-bond donors (Lipinski definition) is 1. The Morgan fingerprint density at radius 2 is 1.89 bits per heavy atom. The molecule has 0 saturated carbocycles. The standard InChI is InChI=1S/C14H18FNO3/c1-10(9-19-2)16-14(18)8-7-13(17)11-3-5-12(15)6-4-11/h3-6,10H,7-9H2,1-2H3,(H,16,18). The lowest BCUT2D eigenvalue weighted by Crippen LogP contribution is -2.35. The van der Waals surface area contributed by atoms with Crippen LogP contribution in [0.5, 0.6) is 0 Å². The molecular weight excluding hydrogens is 249 g/mol.